The van der Waals surface area contributed by atoms with Crippen LogP contribution in [-0.4, -0.2) is 40.7 Å². The zero-order chi connectivity index (χ0) is 13.9. The minimum Gasteiger partial charge on any atom is -0.338 e. The Morgan fingerprint density at radius 2 is 1.94 bits per heavy atom. The van der Waals surface area contributed by atoms with Crippen LogP contribution in [0.4, 0.5) is 0 Å². The number of rotatable bonds is 6. The highest BCUT2D eigenvalue weighted by Gasteiger charge is 2.58. The molecule has 0 aromatic rings. The molecule has 0 saturated carbocycles. The van der Waals surface area contributed by atoms with Crippen LogP contribution in [0, 0.1) is 10.1 Å². The second kappa shape index (κ2) is 5.77. The lowest BCUT2D eigenvalue weighted by atomic mass is 10.3. The van der Waals surface area contributed by atoms with Crippen molar-refractivity contribution in [3.8, 4) is 0 Å². The molecule has 9 heteroatoms. The van der Waals surface area contributed by atoms with Crippen LogP contribution in [0.5, 0.6) is 0 Å². The van der Waals surface area contributed by atoms with Gasteiger partial charge < -0.3 is 4.52 Å². The molecule has 0 spiro atoms. The third-order valence-corrected chi connectivity index (χ3v) is 4.99. The van der Waals surface area contributed by atoms with Crippen molar-refractivity contribution in [2.45, 2.75) is 45.3 Å². The summed E-state index contributed by atoms with van der Waals surface area (Å²) >= 11 is 0. The van der Waals surface area contributed by atoms with Gasteiger partial charge in [0.1, 0.15) is 6.34 Å². The molecule has 0 fully saturated rings. The highest BCUT2D eigenvalue weighted by Crippen LogP contribution is 2.57. The fourth-order valence-electron chi connectivity index (χ4n) is 1.86. The predicted octanol–water partition coefficient (Wildman–Crippen LogP) is 2.45. The first kappa shape index (κ1) is 15.1. The van der Waals surface area contributed by atoms with Gasteiger partial charge in [-0.2, -0.15) is 4.99 Å². The average molecular weight is 275 g/mol. The Morgan fingerprint density at radius 3 is 2.22 bits per heavy atom. The van der Waals surface area contributed by atoms with Crippen molar-refractivity contribution >= 4 is 14.6 Å². The molecule has 102 valence electrons. The van der Waals surface area contributed by atoms with E-state index in [1.54, 1.807) is 0 Å². The number of aliphatic imine (C=N–C) groups is 1. The van der Waals surface area contributed by atoms with E-state index in [-0.39, 0.29) is 12.1 Å². The molecule has 8 nitrogen and oxygen atoms in total. The maximum atomic E-state index is 11.3. The molecule has 1 aliphatic heterocycles. The summed E-state index contributed by atoms with van der Waals surface area (Å²) in [7, 11) is -0.207. The first-order valence-corrected chi connectivity index (χ1v) is 6.80. The van der Waals surface area contributed by atoms with E-state index < -0.39 is 18.8 Å². The van der Waals surface area contributed by atoms with Gasteiger partial charge in [-0.05, 0) is 27.7 Å². The topological polar surface area (TPSA) is 92.7 Å². The third-order valence-electron chi connectivity index (χ3n) is 2.42. The molecular weight excluding hydrogens is 257 g/mol. The van der Waals surface area contributed by atoms with Gasteiger partial charge in [-0.15, -0.1) is 5.11 Å². The second-order valence-corrected chi connectivity index (χ2v) is 6.31. The van der Waals surface area contributed by atoms with E-state index in [0.717, 1.165) is 6.34 Å². The van der Waals surface area contributed by atoms with Gasteiger partial charge in [0, 0.05) is 19.2 Å². The fraction of sp³-hybridized carbons (Fsp3) is 0.889. The summed E-state index contributed by atoms with van der Waals surface area (Å²) in [5.74, 6) is 0. The molecule has 0 N–H and O–H groups in total. The summed E-state index contributed by atoms with van der Waals surface area (Å²) < 4.78 is 7.28. The Morgan fingerprint density at radius 1 is 1.39 bits per heavy atom. The van der Waals surface area contributed by atoms with Crippen molar-refractivity contribution in [1.29, 1.82) is 0 Å². The van der Waals surface area contributed by atoms with Crippen LogP contribution in [0.1, 0.15) is 27.7 Å². The molecule has 0 radical (unpaired) electrons. The van der Waals surface area contributed by atoms with Crippen molar-refractivity contribution in [2.75, 3.05) is 7.11 Å². The molecule has 0 aromatic heterocycles. The zero-order valence-electron chi connectivity index (χ0n) is 11.1. The molecule has 0 amide bonds. The fourth-order valence-corrected chi connectivity index (χ4v) is 3.86. The normalized spacial score (nSPS) is 24.4. The number of nitrogens with zero attached hydrogens (tertiary/aromatic N) is 5. The molecule has 2 atom stereocenters. The maximum absolute atomic E-state index is 11.3. The number of hydrogen-bond donors (Lipinski definition) is 0. The van der Waals surface area contributed by atoms with Crippen LogP contribution in [0.25, 0.3) is 0 Å². The van der Waals surface area contributed by atoms with E-state index in [4.69, 9.17) is 4.52 Å². The second-order valence-electron chi connectivity index (χ2n) is 4.34. The Balaban J connectivity index is 3.18. The summed E-state index contributed by atoms with van der Waals surface area (Å²) in [5.41, 5.74) is -1.83. The minimum absolute atomic E-state index is 0.0823. The van der Waals surface area contributed by atoms with Gasteiger partial charge in [0.2, 0.25) is 8.30 Å². The van der Waals surface area contributed by atoms with E-state index in [9.17, 15) is 10.1 Å². The largest absolute Gasteiger partial charge is 0.483 e. The molecule has 0 saturated heterocycles. The Kier molecular flexibility index (Phi) is 4.84. The van der Waals surface area contributed by atoms with Crippen molar-refractivity contribution in [2.24, 2.45) is 15.2 Å². The van der Waals surface area contributed by atoms with Gasteiger partial charge in [0.25, 0.3) is 0 Å². The first-order chi connectivity index (χ1) is 8.36. The summed E-state index contributed by atoms with van der Waals surface area (Å²) in [6.45, 7) is 7.82. The van der Waals surface area contributed by atoms with Gasteiger partial charge in [0.15, 0.2) is 0 Å². The molecule has 1 heterocycles. The van der Waals surface area contributed by atoms with Crippen molar-refractivity contribution < 1.29 is 9.45 Å². The quantitative estimate of drug-likeness (QED) is 0.422. The first-order valence-electron chi connectivity index (χ1n) is 5.59. The number of azo groups is 1. The predicted molar refractivity (Wildman–Crippen MR) is 69.1 cm³/mol. The van der Waals surface area contributed by atoms with Crippen LogP contribution in [0.3, 0.4) is 0 Å². The van der Waals surface area contributed by atoms with E-state index in [0.29, 0.717) is 0 Å². The number of hydrogen-bond acceptors (Lipinski definition) is 7. The zero-order valence-corrected chi connectivity index (χ0v) is 12.0. The molecule has 1 rings (SSSR count). The Bertz CT molecular complexity index is 351. The van der Waals surface area contributed by atoms with Crippen molar-refractivity contribution in [3.63, 3.8) is 0 Å². The average Bonchev–Trinajstić information content (AvgIpc) is 2.74. The Hall–Kier alpha value is -0.980. The smallest absolute Gasteiger partial charge is 0.338 e. The standard InChI is InChI=1S/C9H18N5O3P/c1-7(2)13(8(3)4)18(17-5)9(14(15)16)10-6-11-12-9/h6-8H,1-5H3. The Labute approximate surface area is 107 Å². The van der Waals surface area contributed by atoms with Crippen LogP contribution < -0.4 is 0 Å². The lowest BCUT2D eigenvalue weighted by Crippen LogP contribution is -2.42. The molecule has 0 aliphatic carbocycles. The maximum Gasteiger partial charge on any atom is 0.483 e. The van der Waals surface area contributed by atoms with E-state index in [1.807, 2.05) is 32.4 Å². The van der Waals surface area contributed by atoms with Gasteiger partial charge in [-0.3, -0.25) is 10.1 Å². The molecule has 1 aliphatic rings. The van der Waals surface area contributed by atoms with Crippen LogP contribution in [-0.2, 0) is 4.52 Å². The van der Waals surface area contributed by atoms with Crippen molar-refractivity contribution in [1.82, 2.24) is 4.67 Å². The molecular formula is C9H18N5O3P. The van der Waals surface area contributed by atoms with Crippen LogP contribution in [0.2, 0.25) is 0 Å². The van der Waals surface area contributed by atoms with Gasteiger partial charge in [0.05, 0.1) is 4.92 Å². The summed E-state index contributed by atoms with van der Waals surface area (Å²) in [6, 6.07) is 0.165. The SMILES string of the molecule is COP(N(C(C)C)C(C)C)C1([N+](=O)[O-])N=CN=N1. The number of nitro groups is 1. The van der Waals surface area contributed by atoms with Crippen molar-refractivity contribution in [3.05, 3.63) is 10.1 Å². The summed E-state index contributed by atoms with van der Waals surface area (Å²) in [5, 5.41) is 18.5. The monoisotopic (exact) mass is 275 g/mol. The molecule has 18 heavy (non-hydrogen) atoms. The summed E-state index contributed by atoms with van der Waals surface area (Å²) in [6.07, 6.45) is 1.11. The van der Waals surface area contributed by atoms with Crippen LogP contribution >= 0.6 is 8.30 Å². The lowest BCUT2D eigenvalue weighted by Gasteiger charge is -2.37. The minimum atomic E-state index is -1.83. The highest BCUT2D eigenvalue weighted by atomic mass is 31.2. The molecule has 2 unspecified atom stereocenters. The van der Waals surface area contributed by atoms with Gasteiger partial charge in [-0.25, -0.2) is 4.67 Å². The van der Waals surface area contributed by atoms with E-state index in [2.05, 4.69) is 15.2 Å². The van der Waals surface area contributed by atoms with Crippen LogP contribution in [0.15, 0.2) is 15.2 Å². The van der Waals surface area contributed by atoms with Gasteiger partial charge >= 0.3 is 5.53 Å². The molecule has 0 aromatic carbocycles. The van der Waals surface area contributed by atoms with E-state index >= 15 is 0 Å². The lowest BCUT2D eigenvalue weighted by molar-refractivity contribution is -0.538. The molecule has 0 bridgehead atoms. The third kappa shape index (κ3) is 2.55. The summed E-state index contributed by atoms with van der Waals surface area (Å²) in [4.78, 5) is 14.6. The van der Waals surface area contributed by atoms with Gasteiger partial charge in [-0.1, -0.05) is 5.11 Å². The van der Waals surface area contributed by atoms with E-state index in [1.165, 1.54) is 7.11 Å². The highest BCUT2D eigenvalue weighted by molar-refractivity contribution is 7.51.